The molecule has 8 N–H and O–H groups in total. The van der Waals surface area contributed by atoms with Crippen LogP contribution in [0.4, 0.5) is 5.88 Å². The summed E-state index contributed by atoms with van der Waals surface area (Å²) in [4.78, 5) is 35.9. The monoisotopic (exact) mass is 467 g/mol. The fourth-order valence-corrected chi connectivity index (χ4v) is 3.60. The molecular weight excluding hydrogens is 449 g/mol. The second-order valence-corrected chi connectivity index (χ2v) is 8.09. The van der Waals surface area contributed by atoms with E-state index in [1.807, 2.05) is 0 Å². The molecule has 0 amide bonds. The number of nitrogens with two attached hydrogens (primary N) is 1. The molecule has 1 fully saturated rings. The Morgan fingerprint density at radius 3 is 2.80 bits per heavy atom. The summed E-state index contributed by atoms with van der Waals surface area (Å²) in [5.41, 5.74) is 6.29. The van der Waals surface area contributed by atoms with Crippen molar-refractivity contribution >= 4 is 36.3 Å². The van der Waals surface area contributed by atoms with E-state index in [0.717, 1.165) is 0 Å². The van der Waals surface area contributed by atoms with Crippen molar-refractivity contribution in [3.8, 4) is 11.5 Å². The molecule has 0 aromatic carbocycles. The maximum Gasteiger partial charge on any atom is 0.365 e. The van der Waals surface area contributed by atoms with Gasteiger partial charge in [-0.15, -0.1) is 0 Å². The van der Waals surface area contributed by atoms with Gasteiger partial charge < -0.3 is 50.3 Å². The van der Waals surface area contributed by atoms with Crippen LogP contribution in [0.15, 0.2) is 20.9 Å². The molecule has 16 heteroatoms. The van der Waals surface area contributed by atoms with Gasteiger partial charge in [0.1, 0.15) is 12.4 Å². The van der Waals surface area contributed by atoms with Crippen LogP contribution >= 0.6 is 19.2 Å². The van der Waals surface area contributed by atoms with Gasteiger partial charge in [-0.1, -0.05) is 0 Å². The number of nitrogens with one attached hydrogen (secondary N) is 2. The Balaban J connectivity index is 1.83. The van der Waals surface area contributed by atoms with Crippen LogP contribution in [0.5, 0.6) is 11.5 Å². The van der Waals surface area contributed by atoms with Crippen molar-refractivity contribution in [3.63, 3.8) is 0 Å². The highest BCUT2D eigenvalue weighted by Crippen LogP contribution is 2.46. The number of fused-ring (bicyclic) bond motifs is 1. The number of ether oxygens (including phenoxy) is 2. The van der Waals surface area contributed by atoms with Gasteiger partial charge in [-0.2, -0.15) is 0 Å². The number of hydrogen-bond acceptors (Lipinski definition) is 12. The van der Waals surface area contributed by atoms with E-state index in [2.05, 4.69) is 20.4 Å². The Morgan fingerprint density at radius 1 is 1.47 bits per heavy atom. The third-order valence-corrected chi connectivity index (χ3v) is 5.26. The first-order valence-electron chi connectivity index (χ1n) is 8.42. The predicted molar refractivity (Wildman–Crippen MR) is 101 cm³/mol. The third-order valence-electron chi connectivity index (χ3n) is 4.09. The number of carbonyl (C=O) groups excluding carboxylic acids is 1. The molecule has 30 heavy (non-hydrogen) atoms. The predicted octanol–water partition coefficient (Wildman–Crippen LogP) is -0.707. The van der Waals surface area contributed by atoms with Gasteiger partial charge in [0.2, 0.25) is 17.4 Å². The van der Waals surface area contributed by atoms with E-state index in [1.165, 1.54) is 11.8 Å². The van der Waals surface area contributed by atoms with E-state index >= 15 is 0 Å². The number of anilines is 1. The molecular formula is C14H19ClN5O9P. The summed E-state index contributed by atoms with van der Waals surface area (Å²) in [5.74, 6) is -5.35. The number of esters is 1. The number of halogens is 1. The number of carbonyl (C=O) groups is 1. The SMILES string of the molecule is CCOC(=O)[C@H](OCc1oc(N2CNC3=C(N)NC(Cl)=N[C@@H]32)c(O)c1O)P(=O)(O)O. The minimum Gasteiger partial charge on any atom is -0.502 e. The van der Waals surface area contributed by atoms with Gasteiger partial charge in [0.05, 0.1) is 19.0 Å². The van der Waals surface area contributed by atoms with Gasteiger partial charge in [-0.3, -0.25) is 9.46 Å². The molecule has 166 valence electrons. The normalized spacial score (nSPS) is 19.7. The molecule has 1 aromatic rings. The molecule has 1 aromatic heterocycles. The van der Waals surface area contributed by atoms with E-state index < -0.39 is 43.7 Å². The lowest BCUT2D eigenvalue weighted by molar-refractivity contribution is -0.153. The average molecular weight is 468 g/mol. The molecule has 0 saturated carbocycles. The second kappa shape index (κ2) is 8.24. The van der Waals surface area contributed by atoms with Crippen molar-refractivity contribution in [3.05, 3.63) is 17.3 Å². The molecule has 0 aliphatic carbocycles. The average Bonchev–Trinajstić information content (AvgIpc) is 3.17. The second-order valence-electron chi connectivity index (χ2n) is 6.08. The minimum absolute atomic E-state index is 0.00676. The maximum absolute atomic E-state index is 11.7. The van der Waals surface area contributed by atoms with Gasteiger partial charge in [0.15, 0.2) is 17.2 Å². The zero-order valence-corrected chi connectivity index (χ0v) is 17.1. The van der Waals surface area contributed by atoms with Crippen LogP contribution in [-0.2, 0) is 25.4 Å². The van der Waals surface area contributed by atoms with Gasteiger partial charge in [-0.05, 0) is 18.5 Å². The Hall–Kier alpha value is -2.64. The van der Waals surface area contributed by atoms with Crippen LogP contribution in [0.2, 0.25) is 0 Å². The largest absolute Gasteiger partial charge is 0.502 e. The first-order chi connectivity index (χ1) is 14.0. The van der Waals surface area contributed by atoms with Crippen LogP contribution in [-0.4, -0.2) is 56.6 Å². The molecule has 3 rings (SSSR count). The Kier molecular flexibility index (Phi) is 6.06. The van der Waals surface area contributed by atoms with Crippen LogP contribution in [0, 0.1) is 0 Å². The van der Waals surface area contributed by atoms with Crippen LogP contribution in [0.1, 0.15) is 12.7 Å². The molecule has 0 radical (unpaired) electrons. The topological polar surface area (TPSA) is 212 Å². The highest BCUT2D eigenvalue weighted by molar-refractivity contribution is 7.53. The molecule has 0 unspecified atom stereocenters. The summed E-state index contributed by atoms with van der Waals surface area (Å²) in [6, 6.07) is 0. The van der Waals surface area contributed by atoms with Gasteiger partial charge in [0, 0.05) is 0 Å². The summed E-state index contributed by atoms with van der Waals surface area (Å²) in [5, 5.41) is 26.0. The van der Waals surface area contributed by atoms with Crippen LogP contribution in [0.25, 0.3) is 0 Å². The third kappa shape index (κ3) is 4.13. The number of nitrogens with zero attached hydrogens (tertiary/aromatic N) is 2. The van der Waals surface area contributed by atoms with Gasteiger partial charge >= 0.3 is 13.6 Å². The molecule has 14 nitrogen and oxygen atoms in total. The van der Waals surface area contributed by atoms with Crippen molar-refractivity contribution in [2.45, 2.75) is 25.5 Å². The Bertz CT molecular complexity index is 958. The summed E-state index contributed by atoms with van der Waals surface area (Å²) >= 11 is 5.88. The Morgan fingerprint density at radius 2 is 2.17 bits per heavy atom. The molecule has 0 spiro atoms. The van der Waals surface area contributed by atoms with E-state index in [9.17, 15) is 29.4 Å². The fourth-order valence-electron chi connectivity index (χ4n) is 2.78. The molecule has 0 bridgehead atoms. The van der Waals surface area contributed by atoms with Crippen molar-refractivity contribution in [2.75, 3.05) is 18.2 Å². The molecule has 1 saturated heterocycles. The van der Waals surface area contributed by atoms with E-state index in [0.29, 0.717) is 5.70 Å². The molecule has 2 aliphatic rings. The molecule has 3 heterocycles. The zero-order valence-electron chi connectivity index (χ0n) is 15.4. The highest BCUT2D eigenvalue weighted by Gasteiger charge is 2.41. The number of rotatable bonds is 7. The highest BCUT2D eigenvalue weighted by atomic mass is 35.5. The van der Waals surface area contributed by atoms with E-state index in [1.54, 1.807) is 0 Å². The lowest BCUT2D eigenvalue weighted by Gasteiger charge is -2.23. The van der Waals surface area contributed by atoms with Crippen LogP contribution in [0.3, 0.4) is 0 Å². The van der Waals surface area contributed by atoms with Crippen molar-refractivity contribution in [1.82, 2.24) is 10.6 Å². The number of hydrogen-bond donors (Lipinski definition) is 7. The quantitative estimate of drug-likeness (QED) is 0.150. The summed E-state index contributed by atoms with van der Waals surface area (Å²) < 4.78 is 26.4. The van der Waals surface area contributed by atoms with E-state index in [-0.39, 0.29) is 36.0 Å². The van der Waals surface area contributed by atoms with Crippen molar-refractivity contribution < 1.29 is 43.3 Å². The summed E-state index contributed by atoms with van der Waals surface area (Å²) in [6.07, 6.45) is -0.786. The van der Waals surface area contributed by atoms with Crippen LogP contribution < -0.4 is 21.3 Å². The molecule has 2 aliphatic heterocycles. The lowest BCUT2D eigenvalue weighted by Crippen LogP contribution is -2.38. The zero-order chi connectivity index (χ0) is 22.2. The Labute approximate surface area is 174 Å². The number of aromatic hydroxyl groups is 2. The summed E-state index contributed by atoms with van der Waals surface area (Å²) in [7, 11) is -5.04. The molecule has 2 atom stereocenters. The lowest BCUT2D eigenvalue weighted by atomic mass is 10.3. The standard InChI is InChI=1S/C14H19ClN5O9P/c1-2-27-12(23)13(30(24,25)26)28-3-5-7(21)8(22)11(29-5)20-4-17-6-9(16)18-14(15)19-10(6)20/h10,13,17,21-22H,2-4,16H2,1H3,(H,18,19)(H2,24,25,26)/t10-,13-/m1/s1. The fraction of sp³-hybridized carbons (Fsp3) is 0.429. The van der Waals surface area contributed by atoms with Gasteiger partial charge in [-0.25, -0.2) is 9.79 Å². The minimum atomic E-state index is -5.04. The van der Waals surface area contributed by atoms with Gasteiger partial charge in [0.25, 0.3) is 5.85 Å². The van der Waals surface area contributed by atoms with E-state index in [4.69, 9.17) is 26.5 Å². The smallest absolute Gasteiger partial charge is 0.365 e. The first-order valence-corrected chi connectivity index (χ1v) is 10.5. The number of aliphatic imine (C=N–C) groups is 1. The number of amidine groups is 1. The maximum atomic E-state index is 11.7. The van der Waals surface area contributed by atoms with Crippen molar-refractivity contribution in [1.29, 1.82) is 0 Å². The number of furan rings is 1. The van der Waals surface area contributed by atoms with Crippen molar-refractivity contribution in [2.24, 2.45) is 10.7 Å². The first kappa shape index (κ1) is 22.1. The summed E-state index contributed by atoms with van der Waals surface area (Å²) in [6.45, 7) is 0.642.